The van der Waals surface area contributed by atoms with E-state index in [0.29, 0.717) is 19.7 Å². The van der Waals surface area contributed by atoms with Crippen molar-refractivity contribution in [3.63, 3.8) is 0 Å². The number of rotatable bonds is 1. The van der Waals surface area contributed by atoms with Gasteiger partial charge in [-0.1, -0.05) is 0 Å². The van der Waals surface area contributed by atoms with E-state index in [0.717, 1.165) is 28.3 Å². The second kappa shape index (κ2) is 4.22. The molecule has 6 heteroatoms. The summed E-state index contributed by atoms with van der Waals surface area (Å²) >= 11 is 0. The van der Waals surface area contributed by atoms with E-state index in [1.54, 1.807) is 4.90 Å². The van der Waals surface area contributed by atoms with Crippen LogP contribution in [0, 0.1) is 13.8 Å². The molecule has 0 saturated carbocycles. The molecule has 0 aliphatic carbocycles. The first-order chi connectivity index (χ1) is 9.10. The first kappa shape index (κ1) is 12.0. The molecule has 0 aromatic carbocycles. The second-order valence-corrected chi connectivity index (χ2v) is 4.73. The minimum Gasteiger partial charge on any atom is -0.450 e. The smallest absolute Gasteiger partial charge is 0.410 e. The maximum Gasteiger partial charge on any atom is 0.410 e. The molecule has 3 heterocycles. The number of hydrogen-bond donors (Lipinski definition) is 0. The highest BCUT2D eigenvalue weighted by Crippen LogP contribution is 2.26. The highest BCUT2D eigenvalue weighted by molar-refractivity contribution is 5.69. The van der Waals surface area contributed by atoms with Gasteiger partial charge in [0, 0.05) is 17.3 Å². The van der Waals surface area contributed by atoms with Crippen LogP contribution in [0.1, 0.15) is 29.6 Å². The van der Waals surface area contributed by atoms with E-state index in [-0.39, 0.29) is 6.09 Å². The van der Waals surface area contributed by atoms with Crippen LogP contribution in [0.25, 0.3) is 5.65 Å². The normalized spacial score (nSPS) is 13.9. The lowest BCUT2D eigenvalue weighted by atomic mass is 10.2. The summed E-state index contributed by atoms with van der Waals surface area (Å²) in [7, 11) is 0. The number of aryl methyl sites for hydroxylation is 2. The van der Waals surface area contributed by atoms with Gasteiger partial charge in [-0.15, -0.1) is 0 Å². The number of ether oxygens (including phenoxy) is 1. The summed E-state index contributed by atoms with van der Waals surface area (Å²) in [4.78, 5) is 18.0. The van der Waals surface area contributed by atoms with Gasteiger partial charge in [0.25, 0.3) is 0 Å². The predicted octanol–water partition coefficient (Wildman–Crippen LogP) is 1.82. The Morgan fingerprint density at radius 2 is 2.21 bits per heavy atom. The van der Waals surface area contributed by atoms with Gasteiger partial charge in [-0.25, -0.2) is 14.3 Å². The monoisotopic (exact) mass is 260 g/mol. The van der Waals surface area contributed by atoms with E-state index in [4.69, 9.17) is 4.74 Å². The van der Waals surface area contributed by atoms with Crippen LogP contribution in [-0.2, 0) is 17.8 Å². The Bertz CT molecular complexity index is 662. The highest BCUT2D eigenvalue weighted by atomic mass is 16.6. The Morgan fingerprint density at radius 1 is 1.42 bits per heavy atom. The number of nitrogens with zero attached hydrogens (tertiary/aromatic N) is 4. The molecule has 3 rings (SSSR count). The van der Waals surface area contributed by atoms with Gasteiger partial charge < -0.3 is 4.74 Å². The van der Waals surface area contributed by atoms with E-state index in [9.17, 15) is 4.79 Å². The van der Waals surface area contributed by atoms with Gasteiger partial charge in [-0.3, -0.25) is 4.90 Å². The van der Waals surface area contributed by atoms with E-state index in [2.05, 4.69) is 10.1 Å². The number of fused-ring (bicyclic) bond motifs is 3. The maximum absolute atomic E-state index is 11.8. The zero-order valence-corrected chi connectivity index (χ0v) is 11.3. The number of carbonyl (C=O) groups is 1. The largest absolute Gasteiger partial charge is 0.450 e. The average Bonchev–Trinajstić information content (AvgIpc) is 2.92. The first-order valence-electron chi connectivity index (χ1n) is 6.36. The summed E-state index contributed by atoms with van der Waals surface area (Å²) in [5, 5.41) is 4.44. The third-order valence-corrected chi connectivity index (χ3v) is 3.35. The maximum atomic E-state index is 11.8. The molecule has 6 nitrogen and oxygen atoms in total. The molecule has 1 aliphatic rings. The lowest BCUT2D eigenvalue weighted by Crippen LogP contribution is -2.26. The molecule has 1 amide bonds. The Labute approximate surface area is 111 Å². The van der Waals surface area contributed by atoms with Gasteiger partial charge in [0.2, 0.25) is 0 Å². The van der Waals surface area contributed by atoms with Gasteiger partial charge >= 0.3 is 6.09 Å². The minimum absolute atomic E-state index is 0.282. The predicted molar refractivity (Wildman–Crippen MR) is 68.7 cm³/mol. The number of amides is 1. The summed E-state index contributed by atoms with van der Waals surface area (Å²) in [5.41, 5.74) is 4.82. The van der Waals surface area contributed by atoms with E-state index >= 15 is 0 Å². The summed E-state index contributed by atoms with van der Waals surface area (Å²) < 4.78 is 6.88. The Balaban J connectivity index is 2.04. The quantitative estimate of drug-likeness (QED) is 0.784. The molecule has 0 unspecified atom stereocenters. The van der Waals surface area contributed by atoms with Crippen LogP contribution >= 0.6 is 0 Å². The molecule has 2 aromatic heterocycles. The van der Waals surface area contributed by atoms with Crippen molar-refractivity contribution < 1.29 is 9.53 Å². The summed E-state index contributed by atoms with van der Waals surface area (Å²) in [5.74, 6) is 0. The van der Waals surface area contributed by atoms with Crippen molar-refractivity contribution >= 4 is 11.7 Å². The fraction of sp³-hybridized carbons (Fsp3) is 0.462. The van der Waals surface area contributed by atoms with Crippen LogP contribution in [0.5, 0.6) is 0 Å². The molecule has 0 bridgehead atoms. The molecule has 0 saturated heterocycles. The Hall–Kier alpha value is -2.11. The molecule has 0 fully saturated rings. The van der Waals surface area contributed by atoms with Crippen LogP contribution in [-0.4, -0.2) is 32.2 Å². The molecule has 100 valence electrons. The molecule has 0 N–H and O–H groups in total. The van der Waals surface area contributed by atoms with Crippen LogP contribution < -0.4 is 0 Å². The van der Waals surface area contributed by atoms with Crippen molar-refractivity contribution in [3.05, 3.63) is 28.7 Å². The SMILES string of the molecule is CCOC(=O)N1Cc2c(C)nc3cc(C)nn3c2C1. The molecule has 19 heavy (non-hydrogen) atoms. The summed E-state index contributed by atoms with van der Waals surface area (Å²) in [6, 6.07) is 1.94. The minimum atomic E-state index is -0.282. The molecule has 0 radical (unpaired) electrons. The molecular formula is C13H16N4O2. The second-order valence-electron chi connectivity index (χ2n) is 4.73. The Morgan fingerprint density at radius 3 is 2.95 bits per heavy atom. The fourth-order valence-electron chi connectivity index (χ4n) is 2.48. The lowest BCUT2D eigenvalue weighted by Gasteiger charge is -2.13. The molecular weight excluding hydrogens is 244 g/mol. The lowest BCUT2D eigenvalue weighted by molar-refractivity contribution is 0.106. The fourth-order valence-corrected chi connectivity index (χ4v) is 2.48. The Kier molecular flexibility index (Phi) is 2.66. The van der Waals surface area contributed by atoms with Gasteiger partial charge in [0.05, 0.1) is 31.1 Å². The van der Waals surface area contributed by atoms with Crippen LogP contribution in [0.2, 0.25) is 0 Å². The van der Waals surface area contributed by atoms with Crippen molar-refractivity contribution in [1.29, 1.82) is 0 Å². The summed E-state index contributed by atoms with van der Waals surface area (Å²) in [6.07, 6.45) is -0.282. The molecule has 1 aliphatic heterocycles. The van der Waals surface area contributed by atoms with Gasteiger partial charge in [0.15, 0.2) is 5.65 Å². The van der Waals surface area contributed by atoms with Crippen LogP contribution in [0.3, 0.4) is 0 Å². The third-order valence-electron chi connectivity index (χ3n) is 3.35. The van der Waals surface area contributed by atoms with E-state index < -0.39 is 0 Å². The van der Waals surface area contributed by atoms with Crippen molar-refractivity contribution in [2.45, 2.75) is 33.9 Å². The zero-order valence-electron chi connectivity index (χ0n) is 11.3. The van der Waals surface area contributed by atoms with Gasteiger partial charge in [0.1, 0.15) is 0 Å². The van der Waals surface area contributed by atoms with Gasteiger partial charge in [-0.2, -0.15) is 5.10 Å². The third kappa shape index (κ3) is 1.83. The van der Waals surface area contributed by atoms with Crippen LogP contribution in [0.15, 0.2) is 6.07 Å². The number of carbonyl (C=O) groups excluding carboxylic acids is 1. The number of hydrogen-bond acceptors (Lipinski definition) is 4. The van der Waals surface area contributed by atoms with Crippen molar-refractivity contribution in [3.8, 4) is 0 Å². The first-order valence-corrected chi connectivity index (χ1v) is 6.36. The van der Waals surface area contributed by atoms with Crippen LogP contribution in [0.4, 0.5) is 4.79 Å². The van der Waals surface area contributed by atoms with E-state index in [1.807, 2.05) is 31.4 Å². The zero-order chi connectivity index (χ0) is 13.6. The van der Waals surface area contributed by atoms with E-state index in [1.165, 1.54) is 0 Å². The van der Waals surface area contributed by atoms with Crippen molar-refractivity contribution in [2.24, 2.45) is 0 Å². The topological polar surface area (TPSA) is 59.7 Å². The summed E-state index contributed by atoms with van der Waals surface area (Å²) in [6.45, 7) is 7.17. The van der Waals surface area contributed by atoms with Crippen molar-refractivity contribution in [1.82, 2.24) is 19.5 Å². The molecule has 0 atom stereocenters. The van der Waals surface area contributed by atoms with Gasteiger partial charge in [-0.05, 0) is 20.8 Å². The standard InChI is InChI=1S/C13H16N4O2/c1-4-19-13(18)16-6-10-9(3)14-12-5-8(2)15-17(12)11(10)7-16/h5H,4,6-7H2,1-3H3. The number of aromatic nitrogens is 3. The highest BCUT2D eigenvalue weighted by Gasteiger charge is 2.29. The van der Waals surface area contributed by atoms with Crippen molar-refractivity contribution in [2.75, 3.05) is 6.61 Å². The average molecular weight is 260 g/mol. The molecule has 2 aromatic rings. The molecule has 0 spiro atoms.